The van der Waals surface area contributed by atoms with Crippen molar-refractivity contribution in [2.75, 3.05) is 0 Å². The molecule has 0 aliphatic carbocycles. The minimum Gasteiger partial charge on any atom is -0.274 e. The summed E-state index contributed by atoms with van der Waals surface area (Å²) in [6.07, 6.45) is 36.3. The first-order valence-electron chi connectivity index (χ1n) is 29.1. The van der Waals surface area contributed by atoms with Gasteiger partial charge in [-0.25, -0.2) is 0 Å². The molecule has 0 N–H and O–H groups in total. The lowest BCUT2D eigenvalue weighted by Gasteiger charge is -2.21. The van der Waals surface area contributed by atoms with Crippen LogP contribution in [0.15, 0.2) is 19.2 Å². The van der Waals surface area contributed by atoms with Gasteiger partial charge in [-0.05, 0) is 53.4 Å². The molecule has 6 rings (SSSR count). The summed E-state index contributed by atoms with van der Waals surface area (Å²) in [5.74, 6) is 0.163. The normalized spacial score (nSPS) is 12.6. The van der Waals surface area contributed by atoms with E-state index in [9.17, 15) is 15.8 Å². The Balaban J connectivity index is 1.57. The zero-order chi connectivity index (χ0) is 53.7. The Labute approximate surface area is 469 Å². The molecule has 0 bridgehead atoms. The van der Waals surface area contributed by atoms with Gasteiger partial charge in [-0.2, -0.15) is 15.8 Å². The molecule has 0 amide bonds. The fraction of sp³-hybridized carbons (Fsp3) is 0.656. The van der Waals surface area contributed by atoms with Gasteiger partial charge in [0.1, 0.15) is 30.4 Å². The highest BCUT2D eigenvalue weighted by molar-refractivity contribution is 9.15. The minimum atomic E-state index is -0.466. The van der Waals surface area contributed by atoms with E-state index < -0.39 is 22.2 Å². The predicted molar refractivity (Wildman–Crippen MR) is 327 cm³/mol. The van der Waals surface area contributed by atoms with Crippen molar-refractivity contribution in [3.63, 3.8) is 0 Å². The molecule has 9 nitrogen and oxygen atoms in total. The quantitative estimate of drug-likeness (QED) is 0.0281. The summed E-state index contributed by atoms with van der Waals surface area (Å²) in [4.78, 5) is 62.3. The number of unbranched alkanes of at least 4 members (excludes halogenated alkanes) is 24. The minimum absolute atomic E-state index is 0.0815. The summed E-state index contributed by atoms with van der Waals surface area (Å²) in [6.45, 7) is 9.40. The van der Waals surface area contributed by atoms with Crippen molar-refractivity contribution in [3.8, 4) is 18.2 Å². The first-order chi connectivity index (χ1) is 36.6. The van der Waals surface area contributed by atoms with E-state index in [1.807, 2.05) is 12.1 Å². The second-order valence-electron chi connectivity index (χ2n) is 21.4. The number of aromatic nitrogens is 2. The molecule has 0 aliphatic rings. The summed E-state index contributed by atoms with van der Waals surface area (Å²) in [5.41, 5.74) is -1.94. The van der Waals surface area contributed by atoms with Gasteiger partial charge in [0.25, 0.3) is 22.2 Å². The van der Waals surface area contributed by atoms with E-state index in [0.29, 0.717) is 37.3 Å². The fourth-order valence-electron chi connectivity index (χ4n) is 11.4. The number of rotatable bonds is 36. The first-order valence-corrected chi connectivity index (χ1v) is 33.2. The summed E-state index contributed by atoms with van der Waals surface area (Å²) in [6, 6.07) is 6.32. The maximum atomic E-state index is 15.6. The zero-order valence-electron chi connectivity index (χ0n) is 45.6. The predicted octanol–water partition coefficient (Wildman–Crippen LogP) is 17.2. The smallest absolute Gasteiger partial charge is 0.262 e. The summed E-state index contributed by atoms with van der Waals surface area (Å²) in [7, 11) is 0. The highest BCUT2D eigenvalue weighted by Crippen LogP contribution is 2.45. The van der Waals surface area contributed by atoms with Gasteiger partial charge in [0.05, 0.1) is 40.3 Å². The number of halogens is 1. The van der Waals surface area contributed by atoms with Crippen LogP contribution in [0.2, 0.25) is 0 Å². The Kier molecular flexibility index (Phi) is 25.5. The summed E-state index contributed by atoms with van der Waals surface area (Å²) < 4.78 is 6.08. The lowest BCUT2D eigenvalue weighted by Crippen LogP contribution is -2.38. The largest absolute Gasteiger partial charge is 0.274 e. The number of nitriles is 3. The Morgan fingerprint density at radius 3 is 0.893 bits per heavy atom. The van der Waals surface area contributed by atoms with E-state index >= 15 is 19.2 Å². The van der Waals surface area contributed by atoms with Crippen molar-refractivity contribution < 1.29 is 0 Å². The molecule has 14 heteroatoms. The van der Waals surface area contributed by atoms with Crippen LogP contribution < -0.4 is 29.9 Å². The van der Waals surface area contributed by atoms with Gasteiger partial charge in [0, 0.05) is 23.9 Å². The van der Waals surface area contributed by atoms with Gasteiger partial charge < -0.3 is 0 Å². The fourth-order valence-corrected chi connectivity index (χ4v) is 17.1. The van der Waals surface area contributed by atoms with Crippen LogP contribution in [-0.4, -0.2) is 9.13 Å². The van der Waals surface area contributed by atoms with Crippen LogP contribution in [0.4, 0.5) is 0 Å². The van der Waals surface area contributed by atoms with Gasteiger partial charge in [0.2, 0.25) is 0 Å². The maximum Gasteiger partial charge on any atom is 0.262 e. The van der Waals surface area contributed by atoms with Crippen molar-refractivity contribution in [2.45, 2.75) is 246 Å². The van der Waals surface area contributed by atoms with E-state index in [-0.39, 0.29) is 56.5 Å². The van der Waals surface area contributed by atoms with Crippen molar-refractivity contribution in [3.05, 3.63) is 49.1 Å². The SMILES string of the molecule is CCCCCCCCCCC(CCCCCCCC)Cn1c(=O)c2c3sc(=C(Br)C#N)sc3c3c(=O)n(CC(CCCCCCCC)CCCCCCCCCC)c(=O)c4c5sc(=C(C#N)C#N)sc5c(c1=O)c2c34. The number of nitrogens with zero attached hydrogens (tertiary/aromatic N) is 5. The summed E-state index contributed by atoms with van der Waals surface area (Å²) >= 11 is 8.32. The van der Waals surface area contributed by atoms with E-state index in [4.69, 9.17) is 0 Å². The molecule has 0 spiro atoms. The van der Waals surface area contributed by atoms with Crippen LogP contribution in [0.3, 0.4) is 0 Å². The van der Waals surface area contributed by atoms with Crippen LogP contribution in [0.1, 0.15) is 233 Å². The molecule has 0 fully saturated rings. The van der Waals surface area contributed by atoms with Gasteiger partial charge in [0.15, 0.2) is 5.57 Å². The van der Waals surface area contributed by atoms with Crippen LogP contribution >= 0.6 is 61.3 Å². The van der Waals surface area contributed by atoms with Crippen molar-refractivity contribution in [1.29, 1.82) is 15.8 Å². The molecule has 75 heavy (non-hydrogen) atoms. The van der Waals surface area contributed by atoms with Gasteiger partial charge in [-0.15, -0.1) is 45.3 Å². The van der Waals surface area contributed by atoms with E-state index in [0.717, 1.165) is 113 Å². The molecular weight excluding hydrogens is 1070 g/mol. The topological polar surface area (TPSA) is 150 Å². The van der Waals surface area contributed by atoms with Crippen molar-refractivity contribution in [2.24, 2.45) is 11.8 Å². The van der Waals surface area contributed by atoms with Gasteiger partial charge >= 0.3 is 0 Å². The summed E-state index contributed by atoms with van der Waals surface area (Å²) in [5, 5.41) is 32.3. The number of pyridine rings is 2. The maximum absolute atomic E-state index is 15.6. The Hall–Kier alpha value is -3.71. The van der Waals surface area contributed by atoms with Crippen LogP contribution in [0.25, 0.3) is 61.2 Å². The van der Waals surface area contributed by atoms with E-state index in [2.05, 4.69) is 49.7 Å². The molecule has 4 heterocycles. The van der Waals surface area contributed by atoms with Gasteiger partial charge in [-0.3, -0.25) is 28.3 Å². The molecule has 0 saturated heterocycles. The highest BCUT2D eigenvalue weighted by atomic mass is 79.9. The third-order valence-corrected chi connectivity index (χ3v) is 22.0. The average Bonchev–Trinajstić information content (AvgIpc) is 4.08. The lowest BCUT2D eigenvalue weighted by molar-refractivity contribution is 0.350. The first kappa shape index (κ1) is 60.5. The van der Waals surface area contributed by atoms with E-state index in [1.54, 1.807) is 0 Å². The lowest BCUT2D eigenvalue weighted by atomic mass is 9.92. The Bertz CT molecular complexity index is 3120. The highest BCUT2D eigenvalue weighted by Gasteiger charge is 2.31. The zero-order valence-corrected chi connectivity index (χ0v) is 50.4. The molecule has 406 valence electrons. The molecule has 6 aromatic rings. The molecule has 2 aromatic carbocycles. The number of hydrogen-bond acceptors (Lipinski definition) is 11. The molecule has 0 aliphatic heterocycles. The third kappa shape index (κ3) is 15.3. The van der Waals surface area contributed by atoms with Crippen molar-refractivity contribution >= 4 is 122 Å². The molecule has 4 aromatic heterocycles. The molecule has 0 radical (unpaired) electrons. The molecular formula is C61H82BrN5O4S4. The average molecular weight is 1160 g/mol. The molecule has 2 atom stereocenters. The van der Waals surface area contributed by atoms with Crippen molar-refractivity contribution in [1.82, 2.24) is 9.13 Å². The van der Waals surface area contributed by atoms with Crippen LogP contribution in [0, 0.1) is 45.8 Å². The number of benzene rings is 2. The Morgan fingerprint density at radius 1 is 0.387 bits per heavy atom. The van der Waals surface area contributed by atoms with Crippen LogP contribution in [-0.2, 0) is 13.1 Å². The van der Waals surface area contributed by atoms with Crippen LogP contribution in [0.5, 0.6) is 0 Å². The van der Waals surface area contributed by atoms with E-state index in [1.165, 1.54) is 147 Å². The number of hydrogen-bond donors (Lipinski definition) is 0. The molecule has 0 saturated carbocycles. The second-order valence-corrected chi connectivity index (χ2v) is 26.8. The van der Waals surface area contributed by atoms with Gasteiger partial charge in [-0.1, -0.05) is 207 Å². The number of fused-ring (bicyclic) bond motifs is 6. The second kappa shape index (κ2) is 31.6. The third-order valence-electron chi connectivity index (χ3n) is 15.6. The monoisotopic (exact) mass is 1160 g/mol. The molecule has 2 unspecified atom stereocenters. The Morgan fingerprint density at radius 2 is 0.640 bits per heavy atom. The standard InChI is InChI=1S/C61H82BrN5O4S4/c1-5-9-13-17-21-23-27-31-35-42(33-29-25-19-15-11-7-3)40-66-56(68)48-46-47-49(53-52(48)72-60(73-53)44(37-63)38-64)57(69)67(59(71)51(47)55-54(50(46)58(66)70)74-61(75-55)45(62)39-65)41-43(34-30-26-20-16-12-8-4)36-32-28-24-22-18-14-10-6-2/h42-43H,5-36,40-41H2,1-4H3.